The number of carbonyl (C=O) groups is 4. The van der Waals surface area contributed by atoms with Gasteiger partial charge in [-0.1, -0.05) is 51.2 Å². The van der Waals surface area contributed by atoms with Crippen molar-refractivity contribution in [3.05, 3.63) is 71.9 Å². The maximum Gasteiger partial charge on any atom is 0.277 e. The van der Waals surface area contributed by atoms with E-state index in [1.165, 1.54) is 18.7 Å². The van der Waals surface area contributed by atoms with Gasteiger partial charge in [0.1, 0.15) is 0 Å². The molecule has 0 radical (unpaired) electrons. The zero-order valence-electron chi connectivity index (χ0n) is 22.9. The fraction of sp³-hybridized carbons (Fsp3) is 0.321. The summed E-state index contributed by atoms with van der Waals surface area (Å²) >= 11 is 2.21. The smallest absolute Gasteiger partial charge is 0.277 e. The van der Waals surface area contributed by atoms with Gasteiger partial charge in [-0.25, -0.2) is 0 Å². The summed E-state index contributed by atoms with van der Waals surface area (Å²) < 4.78 is 0. The predicted molar refractivity (Wildman–Crippen MR) is 159 cm³/mol. The van der Waals surface area contributed by atoms with E-state index in [1.54, 1.807) is 48.2 Å². The molecular formula is C28H35N4O4S2U-. The summed E-state index contributed by atoms with van der Waals surface area (Å²) in [5.41, 5.74) is 8.42. The minimum atomic E-state index is -0.575. The minimum absolute atomic E-state index is 0. The Morgan fingerprint density at radius 3 is 2.00 bits per heavy atom. The first-order chi connectivity index (χ1) is 18.1. The van der Waals surface area contributed by atoms with Crippen LogP contribution in [0.4, 0.5) is 16.2 Å². The number of thioether (sulfide) groups is 2. The summed E-state index contributed by atoms with van der Waals surface area (Å²) in [6.45, 7) is 15.0. The molecule has 2 aromatic rings. The Morgan fingerprint density at radius 1 is 1.05 bits per heavy atom. The Hall–Kier alpha value is -2.32. The molecule has 2 aromatic carbocycles. The van der Waals surface area contributed by atoms with Crippen LogP contribution < -0.4 is 16.0 Å². The average Bonchev–Trinajstić information content (AvgIpc) is 3.26. The number of nitrogens with two attached hydrogens (primary N) is 1. The summed E-state index contributed by atoms with van der Waals surface area (Å²) in [5, 5.41) is 9.80. The molecule has 1 heterocycles. The molecule has 0 saturated carbocycles. The summed E-state index contributed by atoms with van der Waals surface area (Å²) in [6, 6.07) is 13.8. The molecule has 1 unspecified atom stereocenters. The van der Waals surface area contributed by atoms with Crippen LogP contribution in [0.3, 0.4) is 0 Å². The van der Waals surface area contributed by atoms with Gasteiger partial charge >= 0.3 is 0 Å². The number of hydrogen-bond acceptors (Lipinski definition) is 7. The zero-order valence-corrected chi connectivity index (χ0v) is 28.7. The van der Waals surface area contributed by atoms with E-state index in [0.29, 0.717) is 46.3 Å². The standard InChI is InChI=1S/C13H16N2O3S.C13H13N2OS.C2H6.U/c1-3-11(19-13(14)18)12(17)15-10-6-4-9(5-7-10)8(2)16;1-3-12(16)10-4-6-11(7-5-10)15-9(2)8-17-13(15)14;1-2;/h4-7,11H,3H2,1-2H3,(H2,14,18)(H,15,17);2,4-7,14H,3,8H2,1H3;1-2H3;/q;-1;;. The van der Waals surface area contributed by atoms with Crippen LogP contribution >= 0.6 is 23.5 Å². The normalized spacial score (nSPS) is 12.6. The fourth-order valence-corrected chi connectivity index (χ4v) is 4.54. The van der Waals surface area contributed by atoms with Crippen LogP contribution in [0.5, 0.6) is 0 Å². The van der Waals surface area contributed by atoms with E-state index in [1.807, 2.05) is 32.9 Å². The van der Waals surface area contributed by atoms with E-state index >= 15 is 0 Å². The molecule has 208 valence electrons. The van der Waals surface area contributed by atoms with Gasteiger partial charge in [0, 0.05) is 65.8 Å². The monoisotopic (exact) mass is 793 g/mol. The van der Waals surface area contributed by atoms with Crippen LogP contribution in [0.1, 0.15) is 68.2 Å². The summed E-state index contributed by atoms with van der Waals surface area (Å²) in [6.07, 6.45) is 1.01. The first kappa shape index (κ1) is 36.7. The van der Waals surface area contributed by atoms with Crippen molar-refractivity contribution in [2.45, 2.75) is 52.7 Å². The summed E-state index contributed by atoms with van der Waals surface area (Å²) in [4.78, 5) is 47.0. The second-order valence-corrected chi connectivity index (χ2v) is 9.87. The first-order valence-electron chi connectivity index (χ1n) is 12.2. The number of Topliss-reactive ketones (excluding diaryl/α,β-unsaturated/α-hetero) is 2. The number of hydrogen-bond donors (Lipinski definition) is 3. The third-order valence-electron chi connectivity index (χ3n) is 5.10. The number of amidine groups is 1. The Balaban J connectivity index is 0.000000682. The van der Waals surface area contributed by atoms with Gasteiger partial charge < -0.3 is 22.5 Å². The molecule has 1 fully saturated rings. The van der Waals surface area contributed by atoms with Crippen LogP contribution in [0.2, 0.25) is 0 Å². The summed E-state index contributed by atoms with van der Waals surface area (Å²) in [5.74, 6) is 0.462. The van der Waals surface area contributed by atoms with E-state index in [0.717, 1.165) is 17.4 Å². The second-order valence-electron chi connectivity index (χ2n) is 7.70. The maximum atomic E-state index is 11.9. The number of primary amides is 1. The van der Waals surface area contributed by atoms with Gasteiger partial charge in [-0.2, -0.15) is 0 Å². The van der Waals surface area contributed by atoms with Gasteiger partial charge in [-0.05, 0) is 61.9 Å². The predicted octanol–water partition coefficient (Wildman–Crippen LogP) is 6.53. The van der Waals surface area contributed by atoms with Crippen LogP contribution in [-0.2, 0) is 4.79 Å². The number of benzene rings is 2. The molecule has 1 aliphatic rings. The van der Waals surface area contributed by atoms with E-state index < -0.39 is 10.5 Å². The first-order valence-corrected chi connectivity index (χ1v) is 14.1. The SMILES string of the molecule is CC.CCC(SC(N)=O)C(=O)Nc1ccc(C(C)=O)cc1.[CH-]=C1CSC(=N)N1c1ccc(C(=O)CC)cc1.[U]. The number of nitrogens with zero attached hydrogens (tertiary/aromatic N) is 1. The molecule has 1 aliphatic heterocycles. The molecule has 0 spiro atoms. The number of nitrogens with one attached hydrogen (secondary N) is 2. The third kappa shape index (κ3) is 11.8. The van der Waals surface area contributed by atoms with Crippen molar-refractivity contribution in [1.29, 1.82) is 5.41 Å². The van der Waals surface area contributed by atoms with Crippen molar-refractivity contribution in [2.75, 3.05) is 16.0 Å². The van der Waals surface area contributed by atoms with Gasteiger partial charge in [0.05, 0.1) is 5.25 Å². The van der Waals surface area contributed by atoms with Crippen molar-refractivity contribution >= 4 is 62.8 Å². The molecule has 0 bridgehead atoms. The number of amides is 2. The Kier molecular flexibility index (Phi) is 17.8. The van der Waals surface area contributed by atoms with Gasteiger partial charge in [-0.3, -0.25) is 24.6 Å². The molecule has 2 amide bonds. The maximum absolute atomic E-state index is 11.9. The Bertz CT molecular complexity index is 1140. The minimum Gasteiger partial charge on any atom is -0.492 e. The van der Waals surface area contributed by atoms with Gasteiger partial charge in [0.2, 0.25) is 5.91 Å². The van der Waals surface area contributed by atoms with Crippen LogP contribution in [-0.4, -0.2) is 38.9 Å². The molecular weight excluding hydrogens is 758 g/mol. The van der Waals surface area contributed by atoms with Gasteiger partial charge in [0.15, 0.2) is 16.7 Å². The van der Waals surface area contributed by atoms with Crippen LogP contribution in [0.25, 0.3) is 0 Å². The van der Waals surface area contributed by atoms with Crippen LogP contribution in [0.15, 0.2) is 54.2 Å². The number of carbonyl (C=O) groups excluding carboxylic acids is 4. The second kappa shape index (κ2) is 18.9. The molecule has 0 aromatic heterocycles. The van der Waals surface area contributed by atoms with Crippen molar-refractivity contribution in [2.24, 2.45) is 5.73 Å². The van der Waals surface area contributed by atoms with Crippen molar-refractivity contribution < 1.29 is 50.3 Å². The molecule has 0 aliphatic carbocycles. The van der Waals surface area contributed by atoms with Crippen molar-refractivity contribution in [3.63, 3.8) is 0 Å². The molecule has 1 saturated heterocycles. The van der Waals surface area contributed by atoms with E-state index in [9.17, 15) is 19.2 Å². The largest absolute Gasteiger partial charge is 0.492 e. The quantitative estimate of drug-likeness (QED) is 0.205. The van der Waals surface area contributed by atoms with Crippen molar-refractivity contribution in [3.8, 4) is 0 Å². The molecule has 4 N–H and O–H groups in total. The fourth-order valence-electron chi connectivity index (χ4n) is 3.16. The summed E-state index contributed by atoms with van der Waals surface area (Å²) in [7, 11) is 0. The van der Waals surface area contributed by atoms with E-state index in [-0.39, 0.29) is 48.6 Å². The third-order valence-corrected chi connectivity index (χ3v) is 7.06. The molecule has 39 heavy (non-hydrogen) atoms. The average molecular weight is 794 g/mol. The molecule has 3 rings (SSSR count). The topological polar surface area (TPSA) is 133 Å². The van der Waals surface area contributed by atoms with Gasteiger partial charge in [-0.15, -0.1) is 5.70 Å². The zero-order chi connectivity index (χ0) is 28.8. The van der Waals surface area contributed by atoms with Crippen molar-refractivity contribution in [1.82, 2.24) is 0 Å². The van der Waals surface area contributed by atoms with Crippen LogP contribution in [0, 0.1) is 43.1 Å². The molecule has 8 nitrogen and oxygen atoms in total. The van der Waals surface area contributed by atoms with E-state index in [4.69, 9.17) is 17.7 Å². The molecule has 1 atom stereocenters. The number of anilines is 2. The van der Waals surface area contributed by atoms with Gasteiger partial charge in [0.25, 0.3) is 5.24 Å². The number of rotatable bonds is 8. The molecule has 11 heteroatoms. The Morgan fingerprint density at radius 2 is 1.59 bits per heavy atom. The number of ketones is 2. The Labute approximate surface area is 263 Å². The van der Waals surface area contributed by atoms with E-state index in [2.05, 4.69) is 5.32 Å².